The van der Waals surface area contributed by atoms with Gasteiger partial charge in [-0.3, -0.25) is 4.79 Å². The van der Waals surface area contributed by atoms with E-state index >= 15 is 0 Å². The van der Waals surface area contributed by atoms with Gasteiger partial charge in [-0.15, -0.1) is 0 Å². The molecule has 1 heterocycles. The lowest BCUT2D eigenvalue weighted by Crippen LogP contribution is -2.48. The minimum absolute atomic E-state index is 0.0752. The van der Waals surface area contributed by atoms with Gasteiger partial charge in [0.15, 0.2) is 0 Å². The molecule has 0 radical (unpaired) electrons. The fraction of sp³-hybridized carbons (Fsp3) is 0.467. The fourth-order valence-electron chi connectivity index (χ4n) is 2.42. The van der Waals surface area contributed by atoms with Crippen LogP contribution in [0.5, 0.6) is 0 Å². The third kappa shape index (κ3) is 2.67. The number of amides is 1. The molecule has 0 bridgehead atoms. The second-order valence-electron chi connectivity index (χ2n) is 5.51. The second-order valence-corrected chi connectivity index (χ2v) is 5.51. The number of nitrogens with zero attached hydrogens (tertiary/aromatic N) is 1. The molecule has 0 saturated heterocycles. The lowest BCUT2D eigenvalue weighted by atomic mass is 9.97. The van der Waals surface area contributed by atoms with Gasteiger partial charge in [-0.05, 0) is 42.5 Å². The highest BCUT2D eigenvalue weighted by molar-refractivity contribution is 5.99. The van der Waals surface area contributed by atoms with E-state index in [9.17, 15) is 9.59 Å². The Morgan fingerprint density at radius 1 is 1.35 bits per heavy atom. The van der Waals surface area contributed by atoms with E-state index in [4.69, 9.17) is 10.8 Å². The number of aromatic carboxylic acids is 1. The molecule has 0 aromatic heterocycles. The van der Waals surface area contributed by atoms with E-state index in [1.54, 1.807) is 17.0 Å². The maximum atomic E-state index is 12.4. The number of aryl methyl sites for hydroxylation is 1. The molecular weight excluding hydrogens is 256 g/mol. The topological polar surface area (TPSA) is 83.6 Å². The highest BCUT2D eigenvalue weighted by atomic mass is 16.4. The standard InChI is InChI=1S/C15H20N2O3/c1-9(2)13(16)14(18)17-7-3-4-10-8-11(15(19)20)5-6-12(10)17/h5-6,8-9,13H,3-4,7,16H2,1-2H3,(H,19,20). The molecule has 5 heteroatoms. The van der Waals surface area contributed by atoms with Crippen LogP contribution in [0.4, 0.5) is 5.69 Å². The third-order valence-electron chi connectivity index (χ3n) is 3.71. The summed E-state index contributed by atoms with van der Waals surface area (Å²) in [5.41, 5.74) is 7.89. The lowest BCUT2D eigenvalue weighted by molar-refractivity contribution is -0.120. The lowest BCUT2D eigenvalue weighted by Gasteiger charge is -2.32. The molecule has 2 rings (SSSR count). The van der Waals surface area contributed by atoms with Gasteiger partial charge in [-0.1, -0.05) is 13.8 Å². The zero-order valence-corrected chi connectivity index (χ0v) is 11.8. The minimum Gasteiger partial charge on any atom is -0.478 e. The Labute approximate surface area is 118 Å². The van der Waals surface area contributed by atoms with Crippen LogP contribution in [0.25, 0.3) is 0 Å². The van der Waals surface area contributed by atoms with Crippen LogP contribution in [0.3, 0.4) is 0 Å². The van der Waals surface area contributed by atoms with E-state index in [-0.39, 0.29) is 17.4 Å². The fourth-order valence-corrected chi connectivity index (χ4v) is 2.42. The molecule has 3 N–H and O–H groups in total. The highest BCUT2D eigenvalue weighted by Gasteiger charge is 2.28. The summed E-state index contributed by atoms with van der Waals surface area (Å²) in [6.45, 7) is 4.47. The molecule has 1 aromatic rings. The summed E-state index contributed by atoms with van der Waals surface area (Å²) in [7, 11) is 0. The predicted octanol–water partition coefficient (Wildman–Crippen LogP) is 1.65. The molecule has 1 aliphatic heterocycles. The van der Waals surface area contributed by atoms with Crippen molar-refractivity contribution < 1.29 is 14.7 Å². The average Bonchev–Trinajstić information content (AvgIpc) is 2.44. The van der Waals surface area contributed by atoms with E-state index in [1.807, 2.05) is 13.8 Å². The number of carbonyl (C=O) groups is 2. The number of nitrogens with two attached hydrogens (primary N) is 1. The summed E-state index contributed by atoms with van der Waals surface area (Å²) in [6.07, 6.45) is 1.61. The van der Waals surface area contributed by atoms with Crippen LogP contribution in [0, 0.1) is 5.92 Å². The monoisotopic (exact) mass is 276 g/mol. The van der Waals surface area contributed by atoms with Gasteiger partial charge >= 0.3 is 5.97 Å². The van der Waals surface area contributed by atoms with Crippen LogP contribution < -0.4 is 10.6 Å². The molecule has 1 amide bonds. The van der Waals surface area contributed by atoms with E-state index in [1.165, 1.54) is 6.07 Å². The number of fused-ring (bicyclic) bond motifs is 1. The van der Waals surface area contributed by atoms with Crippen molar-refractivity contribution in [1.82, 2.24) is 0 Å². The maximum absolute atomic E-state index is 12.4. The molecule has 1 unspecified atom stereocenters. The highest BCUT2D eigenvalue weighted by Crippen LogP contribution is 2.29. The molecule has 0 fully saturated rings. The predicted molar refractivity (Wildman–Crippen MR) is 76.9 cm³/mol. The van der Waals surface area contributed by atoms with Crippen molar-refractivity contribution in [3.8, 4) is 0 Å². The average molecular weight is 276 g/mol. The van der Waals surface area contributed by atoms with Gasteiger partial charge in [0.2, 0.25) is 5.91 Å². The first-order chi connectivity index (χ1) is 9.41. The van der Waals surface area contributed by atoms with Crippen LogP contribution in [0.1, 0.15) is 36.2 Å². The van der Waals surface area contributed by atoms with Crippen molar-refractivity contribution >= 4 is 17.6 Å². The quantitative estimate of drug-likeness (QED) is 0.879. The number of benzene rings is 1. The van der Waals surface area contributed by atoms with Crippen molar-refractivity contribution in [2.45, 2.75) is 32.7 Å². The Morgan fingerprint density at radius 3 is 2.65 bits per heavy atom. The van der Waals surface area contributed by atoms with E-state index in [2.05, 4.69) is 0 Å². The molecule has 1 aliphatic rings. The Kier molecular flexibility index (Phi) is 4.09. The number of carboxylic acid groups (broad SMARTS) is 1. The molecule has 1 atom stereocenters. The molecule has 0 aliphatic carbocycles. The summed E-state index contributed by atoms with van der Waals surface area (Å²) >= 11 is 0. The van der Waals surface area contributed by atoms with Crippen LogP contribution in [-0.2, 0) is 11.2 Å². The molecule has 20 heavy (non-hydrogen) atoms. The first kappa shape index (κ1) is 14.5. The van der Waals surface area contributed by atoms with Gasteiger partial charge in [-0.25, -0.2) is 4.79 Å². The molecule has 1 aromatic carbocycles. The van der Waals surface area contributed by atoms with Crippen LogP contribution in [0.2, 0.25) is 0 Å². The Balaban J connectivity index is 2.33. The summed E-state index contributed by atoms with van der Waals surface area (Å²) in [4.78, 5) is 25.1. The molecule has 5 nitrogen and oxygen atoms in total. The van der Waals surface area contributed by atoms with Gasteiger partial charge in [-0.2, -0.15) is 0 Å². The van der Waals surface area contributed by atoms with Crippen molar-refractivity contribution in [3.63, 3.8) is 0 Å². The number of anilines is 1. The second kappa shape index (κ2) is 5.63. The number of hydrogen-bond acceptors (Lipinski definition) is 3. The van der Waals surface area contributed by atoms with Crippen LogP contribution >= 0.6 is 0 Å². The van der Waals surface area contributed by atoms with Crippen molar-refractivity contribution in [2.24, 2.45) is 11.7 Å². The summed E-state index contributed by atoms with van der Waals surface area (Å²) in [6, 6.07) is 4.37. The van der Waals surface area contributed by atoms with Gasteiger partial charge in [0.25, 0.3) is 0 Å². The summed E-state index contributed by atoms with van der Waals surface area (Å²) in [5.74, 6) is -0.967. The number of carbonyl (C=O) groups excluding carboxylic acids is 1. The van der Waals surface area contributed by atoms with Gasteiger partial charge in [0, 0.05) is 12.2 Å². The molecule has 108 valence electrons. The maximum Gasteiger partial charge on any atom is 0.335 e. The van der Waals surface area contributed by atoms with Crippen LogP contribution in [0.15, 0.2) is 18.2 Å². The van der Waals surface area contributed by atoms with Crippen molar-refractivity contribution in [1.29, 1.82) is 0 Å². The SMILES string of the molecule is CC(C)C(N)C(=O)N1CCCc2cc(C(=O)O)ccc21. The number of hydrogen-bond donors (Lipinski definition) is 2. The van der Waals surface area contributed by atoms with E-state index < -0.39 is 12.0 Å². The first-order valence-corrected chi connectivity index (χ1v) is 6.85. The summed E-state index contributed by atoms with van der Waals surface area (Å²) in [5, 5.41) is 9.02. The summed E-state index contributed by atoms with van der Waals surface area (Å²) < 4.78 is 0. The Hall–Kier alpha value is -1.88. The molecular formula is C15H20N2O3. The Morgan fingerprint density at radius 2 is 2.05 bits per heavy atom. The largest absolute Gasteiger partial charge is 0.478 e. The van der Waals surface area contributed by atoms with Crippen LogP contribution in [-0.4, -0.2) is 29.6 Å². The smallest absolute Gasteiger partial charge is 0.335 e. The van der Waals surface area contributed by atoms with E-state index in [0.717, 1.165) is 24.1 Å². The van der Waals surface area contributed by atoms with Gasteiger partial charge in [0.1, 0.15) is 0 Å². The zero-order chi connectivity index (χ0) is 14.9. The molecule has 0 spiro atoms. The number of rotatable bonds is 3. The third-order valence-corrected chi connectivity index (χ3v) is 3.71. The normalized spacial score (nSPS) is 15.9. The van der Waals surface area contributed by atoms with Gasteiger partial charge < -0.3 is 15.7 Å². The van der Waals surface area contributed by atoms with E-state index in [0.29, 0.717) is 6.54 Å². The number of carboxylic acids is 1. The Bertz CT molecular complexity index is 540. The van der Waals surface area contributed by atoms with Crippen molar-refractivity contribution in [3.05, 3.63) is 29.3 Å². The minimum atomic E-state index is -0.949. The zero-order valence-electron chi connectivity index (χ0n) is 11.8. The first-order valence-electron chi connectivity index (χ1n) is 6.85. The van der Waals surface area contributed by atoms with Gasteiger partial charge in [0.05, 0.1) is 11.6 Å². The van der Waals surface area contributed by atoms with Crippen molar-refractivity contribution in [2.75, 3.05) is 11.4 Å². The molecule has 0 saturated carbocycles.